The molecule has 2 atom stereocenters. The second-order valence-corrected chi connectivity index (χ2v) is 14.6. The number of pyridine rings is 2. The van der Waals surface area contributed by atoms with Crippen LogP contribution in [0.1, 0.15) is 52.4 Å². The van der Waals surface area contributed by atoms with Crippen molar-refractivity contribution in [1.82, 2.24) is 29.9 Å². The molecule has 0 aliphatic carbocycles. The van der Waals surface area contributed by atoms with Crippen LogP contribution in [0.2, 0.25) is 0 Å². The fourth-order valence-electron chi connectivity index (χ4n) is 7.62. The summed E-state index contributed by atoms with van der Waals surface area (Å²) in [4.78, 5) is 59.6. The highest BCUT2D eigenvalue weighted by Gasteiger charge is 2.27. The molecule has 298 valence electrons. The standard InChI is InChI=1S/C43H42N12O4/c1-26-28-4-2-5-29(18-28)32-22-47-40(44)38(50-32)42(56)52-35-21-46-13-9-37(35)55(15-17-58-26)25-49-41-39-43(57)53-34-20-45-12-8-36(34)54-14-10-27(24-54)11-16-59-31-7-3-6-30(19-31)33(51-39)23-48-41/h2-9,12-13,18-23,26-27H,10-11,14-17,24-25H2,1H3,(H2,44,47)(H,48,49)(H,52,56)(H,53,57). The Kier molecular flexibility index (Phi) is 10.4. The number of nitrogens with two attached hydrogens (primary N) is 1. The molecule has 59 heavy (non-hydrogen) atoms. The predicted molar refractivity (Wildman–Crippen MR) is 224 cm³/mol. The van der Waals surface area contributed by atoms with E-state index in [9.17, 15) is 9.59 Å². The van der Waals surface area contributed by atoms with Crippen molar-refractivity contribution in [3.8, 4) is 28.3 Å². The van der Waals surface area contributed by atoms with Crippen LogP contribution in [0.15, 0.2) is 97.8 Å². The summed E-state index contributed by atoms with van der Waals surface area (Å²) in [5.74, 6) is 0.405. The lowest BCUT2D eigenvalue weighted by molar-refractivity contribution is 0.0710. The lowest BCUT2D eigenvalue weighted by atomic mass is 10.0. The third kappa shape index (κ3) is 8.02. The van der Waals surface area contributed by atoms with Gasteiger partial charge in [0.25, 0.3) is 11.8 Å². The number of nitrogens with zero attached hydrogens (tertiary/aromatic N) is 8. The van der Waals surface area contributed by atoms with Gasteiger partial charge in [-0.15, -0.1) is 0 Å². The Morgan fingerprint density at radius 2 is 1.51 bits per heavy atom. The first-order valence-corrected chi connectivity index (χ1v) is 19.6. The minimum Gasteiger partial charge on any atom is -0.494 e. The Labute approximate surface area is 340 Å². The zero-order valence-corrected chi connectivity index (χ0v) is 32.3. The van der Waals surface area contributed by atoms with Gasteiger partial charge < -0.3 is 41.0 Å². The van der Waals surface area contributed by atoms with Crippen LogP contribution < -0.4 is 36.2 Å². The molecule has 2 aromatic carbocycles. The minimum absolute atomic E-state index is 0.00860. The van der Waals surface area contributed by atoms with Crippen molar-refractivity contribution in [2.45, 2.75) is 25.9 Å². The van der Waals surface area contributed by atoms with Gasteiger partial charge in [0.05, 0.1) is 84.9 Å². The second kappa shape index (κ2) is 16.3. The fraction of sp³-hybridized carbons (Fsp3) is 0.256. The molecule has 1 saturated heterocycles. The number of nitrogens with one attached hydrogen (secondary N) is 3. The molecule has 16 nitrogen and oxygen atoms in total. The molecule has 2 unspecified atom stereocenters. The molecule has 1 fully saturated rings. The molecular weight excluding hydrogens is 749 g/mol. The quantitative estimate of drug-likeness (QED) is 0.161. The predicted octanol–water partition coefficient (Wildman–Crippen LogP) is 6.05. The number of ether oxygens (including phenoxy) is 2. The first kappa shape index (κ1) is 37.4. The first-order valence-electron chi connectivity index (χ1n) is 19.6. The molecule has 9 rings (SSSR count). The summed E-state index contributed by atoms with van der Waals surface area (Å²) in [5.41, 5.74) is 12.2. The van der Waals surface area contributed by atoms with E-state index < -0.39 is 11.8 Å². The fourth-order valence-corrected chi connectivity index (χ4v) is 7.62. The lowest BCUT2D eigenvalue weighted by Gasteiger charge is -2.28. The van der Waals surface area contributed by atoms with Gasteiger partial charge in [-0.05, 0) is 61.6 Å². The number of benzene rings is 2. The number of rotatable bonds is 3. The number of fused-ring (bicyclic) bond motifs is 15. The summed E-state index contributed by atoms with van der Waals surface area (Å²) in [6, 6.07) is 19.1. The van der Waals surface area contributed by atoms with Gasteiger partial charge in [0.15, 0.2) is 23.0 Å². The van der Waals surface area contributed by atoms with Crippen molar-refractivity contribution in [3.63, 3.8) is 0 Å². The van der Waals surface area contributed by atoms with Crippen LogP contribution in [0.25, 0.3) is 22.5 Å². The van der Waals surface area contributed by atoms with Crippen molar-refractivity contribution in [1.29, 1.82) is 0 Å². The average Bonchev–Trinajstić information content (AvgIpc) is 3.73. The molecule has 0 spiro atoms. The van der Waals surface area contributed by atoms with E-state index in [-0.39, 0.29) is 35.8 Å². The van der Waals surface area contributed by atoms with Crippen LogP contribution in [0, 0.1) is 5.92 Å². The van der Waals surface area contributed by atoms with Gasteiger partial charge in [0.1, 0.15) is 5.75 Å². The highest BCUT2D eigenvalue weighted by atomic mass is 16.5. The molecule has 4 aromatic heterocycles. The van der Waals surface area contributed by atoms with E-state index >= 15 is 0 Å². The van der Waals surface area contributed by atoms with Gasteiger partial charge >= 0.3 is 0 Å². The molecule has 5 N–H and O–H groups in total. The third-order valence-electron chi connectivity index (χ3n) is 10.8. The lowest BCUT2D eigenvalue weighted by Crippen LogP contribution is -2.34. The van der Waals surface area contributed by atoms with Crippen LogP contribution in [0.4, 0.5) is 34.4 Å². The van der Waals surface area contributed by atoms with E-state index in [1.807, 2.05) is 66.4 Å². The second-order valence-electron chi connectivity index (χ2n) is 14.6. The Morgan fingerprint density at radius 3 is 2.34 bits per heavy atom. The number of amides is 2. The van der Waals surface area contributed by atoms with E-state index in [1.165, 1.54) is 0 Å². The van der Waals surface area contributed by atoms with Gasteiger partial charge in [-0.2, -0.15) is 0 Å². The molecule has 0 saturated carbocycles. The molecule has 2 amide bonds. The van der Waals surface area contributed by atoms with Crippen molar-refractivity contribution in [2.75, 3.05) is 71.0 Å². The normalized spacial score (nSPS) is 17.9. The number of aromatic nitrogens is 6. The van der Waals surface area contributed by atoms with Crippen LogP contribution in [0.5, 0.6) is 5.75 Å². The molecule has 6 aromatic rings. The third-order valence-corrected chi connectivity index (χ3v) is 10.8. The van der Waals surface area contributed by atoms with Crippen molar-refractivity contribution in [2.24, 2.45) is 5.92 Å². The minimum atomic E-state index is -0.547. The van der Waals surface area contributed by atoms with Gasteiger partial charge in [0, 0.05) is 43.2 Å². The zero-order chi connectivity index (χ0) is 40.3. The van der Waals surface area contributed by atoms with Gasteiger partial charge in [0.2, 0.25) is 0 Å². The Bertz CT molecular complexity index is 2540. The molecular formula is C43H42N12O4. The maximum Gasteiger partial charge on any atom is 0.278 e. The topological polar surface area (TPSA) is 199 Å². The van der Waals surface area contributed by atoms with E-state index in [4.69, 9.17) is 25.2 Å². The summed E-state index contributed by atoms with van der Waals surface area (Å²) in [6.07, 6.45) is 11.4. The van der Waals surface area contributed by atoms with Crippen LogP contribution in [-0.2, 0) is 4.74 Å². The molecule has 0 radical (unpaired) electrons. The van der Waals surface area contributed by atoms with E-state index in [0.29, 0.717) is 54.1 Å². The maximum atomic E-state index is 14.4. The van der Waals surface area contributed by atoms with Gasteiger partial charge in [-0.1, -0.05) is 30.3 Å². The van der Waals surface area contributed by atoms with Crippen molar-refractivity contribution in [3.05, 3.63) is 115 Å². The summed E-state index contributed by atoms with van der Waals surface area (Å²) >= 11 is 0. The van der Waals surface area contributed by atoms with Gasteiger partial charge in [-0.25, -0.2) is 19.9 Å². The Hall–Kier alpha value is -7.20. The molecule has 7 heterocycles. The van der Waals surface area contributed by atoms with Crippen molar-refractivity contribution < 1.29 is 19.1 Å². The molecule has 10 bridgehead atoms. The summed E-state index contributed by atoms with van der Waals surface area (Å²) in [7, 11) is 0. The van der Waals surface area contributed by atoms with E-state index in [1.54, 1.807) is 43.2 Å². The number of nitrogen functional groups attached to an aromatic ring is 1. The number of carbonyl (C=O) groups excluding carboxylic acids is 2. The zero-order valence-electron chi connectivity index (χ0n) is 32.3. The largest absolute Gasteiger partial charge is 0.494 e. The van der Waals surface area contributed by atoms with E-state index in [2.05, 4.69) is 40.8 Å². The first-order chi connectivity index (χ1) is 28.9. The molecule has 3 aliphatic heterocycles. The smallest absolute Gasteiger partial charge is 0.278 e. The monoisotopic (exact) mass is 790 g/mol. The number of hydrogen-bond donors (Lipinski definition) is 4. The average molecular weight is 791 g/mol. The van der Waals surface area contributed by atoms with Crippen LogP contribution in [0.3, 0.4) is 0 Å². The maximum absolute atomic E-state index is 14.4. The SMILES string of the molecule is CC1OCCN(CNc2ncc3nc2C(=O)Nc2cnccc2N2CCC(CCOc4cccc-3c4)C2)c2ccncc2NC(=O)c2nc(cnc2N)-c2cccc1c2. The number of anilines is 6. The summed E-state index contributed by atoms with van der Waals surface area (Å²) in [6.45, 7) is 5.07. The van der Waals surface area contributed by atoms with Crippen molar-refractivity contribution >= 4 is 46.2 Å². The van der Waals surface area contributed by atoms with Crippen LogP contribution >= 0.6 is 0 Å². The Morgan fingerprint density at radius 1 is 0.797 bits per heavy atom. The highest BCUT2D eigenvalue weighted by molar-refractivity contribution is 6.08. The van der Waals surface area contributed by atoms with Gasteiger partial charge in [-0.3, -0.25) is 19.6 Å². The highest BCUT2D eigenvalue weighted by Crippen LogP contribution is 2.34. The number of hydrogen-bond acceptors (Lipinski definition) is 14. The molecule has 16 heteroatoms. The molecule has 3 aliphatic rings. The Balaban J connectivity index is 1.06. The summed E-state index contributed by atoms with van der Waals surface area (Å²) in [5, 5.41) is 9.41. The number of carbonyl (C=O) groups is 2. The summed E-state index contributed by atoms with van der Waals surface area (Å²) < 4.78 is 12.6. The van der Waals surface area contributed by atoms with E-state index in [0.717, 1.165) is 54.1 Å². The van der Waals surface area contributed by atoms with Crippen LogP contribution in [-0.4, -0.2) is 81.2 Å².